The molecule has 3 rings (SSSR count). The lowest BCUT2D eigenvalue weighted by Gasteiger charge is -2.14. The summed E-state index contributed by atoms with van der Waals surface area (Å²) >= 11 is 2.63. The Morgan fingerprint density at radius 1 is 0.763 bits per heavy atom. The van der Waals surface area contributed by atoms with Gasteiger partial charge in [-0.2, -0.15) is 0 Å². The summed E-state index contributed by atoms with van der Waals surface area (Å²) in [5.74, 6) is -2.06. The van der Waals surface area contributed by atoms with Crippen molar-refractivity contribution in [1.82, 2.24) is 5.32 Å². The van der Waals surface area contributed by atoms with Crippen LogP contribution in [-0.4, -0.2) is 45.0 Å². The second kappa shape index (κ2) is 18.3. The smallest absolute Gasteiger partial charge is 0.408 e. The van der Waals surface area contributed by atoms with Gasteiger partial charge in [0, 0.05) is 13.3 Å². The van der Waals surface area contributed by atoms with E-state index in [2.05, 4.69) is 21.2 Å². The van der Waals surface area contributed by atoms with Crippen molar-refractivity contribution in [3.8, 4) is 0 Å². The molecule has 2 atom stereocenters. The first-order valence-corrected chi connectivity index (χ1v) is 12.3. The van der Waals surface area contributed by atoms with Crippen molar-refractivity contribution in [1.29, 1.82) is 0 Å². The van der Waals surface area contributed by atoms with Crippen LogP contribution in [0.15, 0.2) is 91.0 Å². The van der Waals surface area contributed by atoms with Crippen LogP contribution in [-0.2, 0) is 38.6 Å². The number of amides is 1. The van der Waals surface area contributed by atoms with Crippen molar-refractivity contribution >= 4 is 38.7 Å². The Morgan fingerprint density at radius 3 is 1.55 bits per heavy atom. The topological polar surface area (TPSA) is 156 Å². The molecule has 0 fully saturated rings. The van der Waals surface area contributed by atoms with E-state index in [9.17, 15) is 24.3 Å². The number of benzene rings is 3. The van der Waals surface area contributed by atoms with E-state index in [0.717, 1.165) is 16.7 Å². The Labute approximate surface area is 229 Å². The van der Waals surface area contributed by atoms with E-state index >= 15 is 0 Å². The number of alkyl carbamates (subject to hydrolysis) is 1. The predicted molar refractivity (Wildman–Crippen MR) is 147 cm³/mol. The first-order valence-electron chi connectivity index (χ1n) is 11.5. The number of nitrogens with one attached hydrogen (secondary N) is 1. The molecule has 0 radical (unpaired) electrons. The SMILES string of the molecule is CC(=O)Br.N[C@@H](Cc1ccccc1)C(=O)O.O=C(N[C@@H](Cc1ccccc1)C(=O)O)OCc1ccccc1. The van der Waals surface area contributed by atoms with Crippen LogP contribution in [0.4, 0.5) is 4.79 Å². The number of ether oxygens (including phenoxy) is 1. The van der Waals surface area contributed by atoms with Crippen molar-refractivity contribution in [2.75, 3.05) is 0 Å². The zero-order valence-corrected chi connectivity index (χ0v) is 22.4. The fourth-order valence-electron chi connectivity index (χ4n) is 2.91. The standard InChI is InChI=1S/C17H17NO4.C9H11NO2.C2H3BrO/c19-16(20)15(11-13-7-3-1-4-8-13)18-17(21)22-12-14-9-5-2-6-10-14;10-8(9(11)12)6-7-4-2-1-3-5-7;1-2(3)4/h1-10,15H,11-12H2,(H,18,21)(H,19,20);1-5,8H,6,10H2,(H,11,12);1H3/t15-;8-;/m00./s1. The normalized spacial score (nSPS) is 11.2. The second-order valence-electron chi connectivity index (χ2n) is 7.89. The zero-order valence-electron chi connectivity index (χ0n) is 20.8. The molecule has 10 heteroatoms. The lowest BCUT2D eigenvalue weighted by atomic mass is 10.1. The minimum absolute atomic E-state index is 0.0208. The highest BCUT2D eigenvalue weighted by Crippen LogP contribution is 2.05. The average molecular weight is 587 g/mol. The number of halogens is 1. The van der Waals surface area contributed by atoms with Gasteiger partial charge in [-0.05, 0) is 39.0 Å². The van der Waals surface area contributed by atoms with Gasteiger partial charge in [0.2, 0.25) is 0 Å². The number of carboxylic acids is 2. The number of hydrogen-bond acceptors (Lipinski definition) is 6. The third-order valence-corrected chi connectivity index (χ3v) is 4.70. The van der Waals surface area contributed by atoms with Crippen LogP contribution in [0.25, 0.3) is 0 Å². The second-order valence-corrected chi connectivity index (χ2v) is 9.01. The van der Waals surface area contributed by atoms with Crippen LogP contribution in [0.2, 0.25) is 0 Å². The third-order valence-electron chi connectivity index (χ3n) is 4.70. The molecule has 38 heavy (non-hydrogen) atoms. The zero-order chi connectivity index (χ0) is 28.3. The van der Waals surface area contributed by atoms with Gasteiger partial charge in [0.25, 0.3) is 0 Å². The molecule has 3 aromatic rings. The van der Waals surface area contributed by atoms with Gasteiger partial charge >= 0.3 is 18.0 Å². The first kappa shape index (κ1) is 32.0. The Balaban J connectivity index is 0.000000378. The fourth-order valence-corrected chi connectivity index (χ4v) is 2.91. The molecule has 0 unspecified atom stereocenters. The van der Waals surface area contributed by atoms with E-state index in [1.54, 1.807) is 0 Å². The maximum atomic E-state index is 11.7. The Hall–Kier alpha value is -4.02. The van der Waals surface area contributed by atoms with E-state index in [0.29, 0.717) is 6.42 Å². The summed E-state index contributed by atoms with van der Waals surface area (Å²) < 4.78 is 5.01. The van der Waals surface area contributed by atoms with Crippen LogP contribution < -0.4 is 11.1 Å². The van der Waals surface area contributed by atoms with Gasteiger partial charge in [-0.3, -0.25) is 9.59 Å². The summed E-state index contributed by atoms with van der Waals surface area (Å²) in [6.45, 7) is 1.55. The quantitative estimate of drug-likeness (QED) is 0.272. The summed E-state index contributed by atoms with van der Waals surface area (Å²) in [6.07, 6.45) is -0.153. The van der Waals surface area contributed by atoms with Crippen LogP contribution in [0.5, 0.6) is 0 Å². The highest BCUT2D eigenvalue weighted by molar-refractivity contribution is 9.18. The fraction of sp³-hybridized carbons (Fsp3) is 0.214. The summed E-state index contributed by atoms with van der Waals surface area (Å²) in [4.78, 5) is 42.7. The molecule has 5 N–H and O–H groups in total. The molecule has 0 aliphatic carbocycles. The van der Waals surface area contributed by atoms with Crippen LogP contribution in [0.1, 0.15) is 23.6 Å². The molecule has 0 aromatic heterocycles. The van der Waals surface area contributed by atoms with Crippen molar-refractivity contribution < 1.29 is 34.1 Å². The largest absolute Gasteiger partial charge is 0.480 e. The van der Waals surface area contributed by atoms with Gasteiger partial charge in [-0.25, -0.2) is 9.59 Å². The number of carboxylic acid groups (broad SMARTS) is 2. The van der Waals surface area contributed by atoms with Gasteiger partial charge in [0.1, 0.15) is 18.7 Å². The maximum Gasteiger partial charge on any atom is 0.408 e. The highest BCUT2D eigenvalue weighted by atomic mass is 79.9. The molecule has 0 heterocycles. The summed E-state index contributed by atoms with van der Waals surface area (Å²) in [7, 11) is 0. The number of hydrogen-bond donors (Lipinski definition) is 4. The minimum atomic E-state index is -1.10. The van der Waals surface area contributed by atoms with Crippen molar-refractivity contribution in [3.05, 3.63) is 108 Å². The van der Waals surface area contributed by atoms with Gasteiger partial charge in [-0.15, -0.1) is 0 Å². The van der Waals surface area contributed by atoms with Gasteiger partial charge < -0.3 is 26.0 Å². The first-order chi connectivity index (χ1) is 18.1. The van der Waals surface area contributed by atoms with E-state index in [1.807, 2.05) is 91.0 Å². The molecule has 0 bridgehead atoms. The lowest BCUT2D eigenvalue weighted by Crippen LogP contribution is -2.42. The van der Waals surface area contributed by atoms with Crippen LogP contribution >= 0.6 is 15.9 Å². The van der Waals surface area contributed by atoms with Crippen molar-refractivity contribution in [2.45, 2.75) is 38.5 Å². The molecule has 0 saturated heterocycles. The van der Waals surface area contributed by atoms with Gasteiger partial charge in [-0.1, -0.05) is 91.0 Å². The number of nitrogens with two attached hydrogens (primary N) is 1. The Morgan fingerprint density at radius 2 is 1.16 bits per heavy atom. The van der Waals surface area contributed by atoms with Crippen LogP contribution in [0.3, 0.4) is 0 Å². The molecular formula is C28H31BrN2O7. The third kappa shape index (κ3) is 15.2. The van der Waals surface area contributed by atoms with Crippen molar-refractivity contribution in [2.24, 2.45) is 5.73 Å². The summed E-state index contributed by atoms with van der Waals surface area (Å²) in [5.41, 5.74) is 7.97. The number of rotatable bonds is 9. The number of carbonyl (C=O) groups excluding carboxylic acids is 2. The molecule has 0 saturated carbocycles. The molecule has 3 aromatic carbocycles. The molecule has 0 spiro atoms. The summed E-state index contributed by atoms with van der Waals surface area (Å²) in [5, 5.41) is 20.1. The monoisotopic (exact) mass is 586 g/mol. The molecule has 0 aliphatic heterocycles. The maximum absolute atomic E-state index is 11.7. The van der Waals surface area contributed by atoms with Gasteiger partial charge in [0.15, 0.2) is 4.69 Å². The average Bonchev–Trinajstić information content (AvgIpc) is 2.89. The van der Waals surface area contributed by atoms with Crippen LogP contribution in [0, 0.1) is 0 Å². The van der Waals surface area contributed by atoms with E-state index in [-0.39, 0.29) is 17.7 Å². The Bertz CT molecular complexity index is 1130. The van der Waals surface area contributed by atoms with Gasteiger partial charge in [0.05, 0.1) is 0 Å². The molecule has 0 aliphatic rings. The Kier molecular flexibility index (Phi) is 15.4. The number of carbonyl (C=O) groups is 4. The molecule has 9 nitrogen and oxygen atoms in total. The minimum Gasteiger partial charge on any atom is -0.480 e. The molecule has 1 amide bonds. The van der Waals surface area contributed by atoms with E-state index in [1.165, 1.54) is 6.92 Å². The highest BCUT2D eigenvalue weighted by Gasteiger charge is 2.21. The summed E-state index contributed by atoms with van der Waals surface area (Å²) in [6, 6.07) is 25.8. The van der Waals surface area contributed by atoms with E-state index < -0.39 is 30.1 Å². The number of aliphatic carboxylic acids is 2. The van der Waals surface area contributed by atoms with E-state index in [4.69, 9.17) is 15.6 Å². The predicted octanol–water partition coefficient (Wildman–Crippen LogP) is 4.18. The lowest BCUT2D eigenvalue weighted by molar-refractivity contribution is -0.139. The molecular weight excluding hydrogens is 556 g/mol. The van der Waals surface area contributed by atoms with Crippen molar-refractivity contribution in [3.63, 3.8) is 0 Å². The molecule has 202 valence electrons.